The molecule has 2 aromatic rings. The minimum Gasteiger partial charge on any atom is -0.477 e. The van der Waals surface area contributed by atoms with Crippen molar-refractivity contribution in [1.29, 1.82) is 0 Å². The van der Waals surface area contributed by atoms with Crippen molar-refractivity contribution in [2.75, 3.05) is 5.73 Å². The topological polar surface area (TPSA) is 63.3 Å². The summed E-state index contributed by atoms with van der Waals surface area (Å²) in [6, 6.07) is 5.52. The van der Waals surface area contributed by atoms with Gasteiger partial charge in [0.2, 0.25) is 0 Å². The van der Waals surface area contributed by atoms with Crippen LogP contribution < -0.4 is 5.73 Å². The third-order valence-electron chi connectivity index (χ3n) is 2.58. The van der Waals surface area contributed by atoms with Gasteiger partial charge >= 0.3 is 5.97 Å². The molecule has 0 saturated carbocycles. The molecule has 0 unspecified atom stereocenters. The van der Waals surface area contributed by atoms with Gasteiger partial charge in [-0.05, 0) is 34.5 Å². The highest BCUT2D eigenvalue weighted by Gasteiger charge is 2.20. The normalized spacial score (nSPS) is 10.6. The van der Waals surface area contributed by atoms with Crippen LogP contribution in [-0.4, -0.2) is 11.1 Å². The Hall–Kier alpha value is -1.04. The van der Waals surface area contributed by atoms with Crippen LogP contribution in [0.15, 0.2) is 22.7 Å². The van der Waals surface area contributed by atoms with Crippen molar-refractivity contribution < 1.29 is 9.90 Å². The molecule has 0 radical (unpaired) electrons. The maximum atomic E-state index is 11.1. The van der Waals surface area contributed by atoms with E-state index >= 15 is 0 Å². The van der Waals surface area contributed by atoms with E-state index in [2.05, 4.69) is 15.9 Å². The number of carboxylic acids is 1. The van der Waals surface area contributed by atoms with E-state index in [0.29, 0.717) is 10.7 Å². The van der Waals surface area contributed by atoms with Crippen molar-refractivity contribution in [1.82, 2.24) is 0 Å². The fourth-order valence-electron chi connectivity index (χ4n) is 1.62. The van der Waals surface area contributed by atoms with Crippen LogP contribution in [0.25, 0.3) is 10.4 Å². The van der Waals surface area contributed by atoms with Crippen molar-refractivity contribution in [3.8, 4) is 10.4 Å². The van der Waals surface area contributed by atoms with Gasteiger partial charge in [-0.3, -0.25) is 0 Å². The third kappa shape index (κ3) is 2.13. The fourth-order valence-corrected chi connectivity index (χ4v) is 3.36. The first-order valence-corrected chi connectivity index (χ1v) is 6.98. The molecule has 0 aliphatic heterocycles. The van der Waals surface area contributed by atoms with E-state index in [9.17, 15) is 4.79 Å². The largest absolute Gasteiger partial charge is 0.477 e. The Morgan fingerprint density at radius 3 is 2.72 bits per heavy atom. The van der Waals surface area contributed by atoms with Crippen LogP contribution in [0, 0.1) is 6.92 Å². The predicted molar refractivity (Wildman–Crippen MR) is 78.6 cm³/mol. The summed E-state index contributed by atoms with van der Waals surface area (Å²) < 4.78 is 0.768. The van der Waals surface area contributed by atoms with Crippen molar-refractivity contribution in [3.05, 3.63) is 38.1 Å². The molecule has 0 aliphatic rings. The number of anilines is 1. The molecule has 0 amide bonds. The Kier molecular flexibility index (Phi) is 3.66. The number of benzene rings is 1. The molecular formula is C12H9BrClNO2S. The summed E-state index contributed by atoms with van der Waals surface area (Å²) in [4.78, 5) is 12.0. The molecule has 3 nitrogen and oxygen atoms in total. The van der Waals surface area contributed by atoms with Gasteiger partial charge in [0.05, 0.1) is 10.7 Å². The minimum absolute atomic E-state index is 0.151. The van der Waals surface area contributed by atoms with E-state index in [1.165, 1.54) is 0 Å². The van der Waals surface area contributed by atoms with E-state index in [4.69, 9.17) is 22.4 Å². The standard InChI is InChI=1S/C12H9BrClNO2S/c1-5-9(15)11(12(16)17)18-10(5)6-3-2-4-7(13)8(6)14/h2-4H,15H2,1H3,(H,16,17). The summed E-state index contributed by atoms with van der Waals surface area (Å²) in [5, 5.41) is 9.62. The number of thiophene rings is 1. The van der Waals surface area contributed by atoms with E-state index in [1.807, 2.05) is 18.2 Å². The molecule has 1 aromatic heterocycles. The second kappa shape index (κ2) is 4.91. The second-order valence-electron chi connectivity index (χ2n) is 3.71. The number of carbonyl (C=O) groups is 1. The molecule has 6 heteroatoms. The first-order chi connectivity index (χ1) is 8.43. The first-order valence-electron chi connectivity index (χ1n) is 5.00. The SMILES string of the molecule is Cc1c(-c2cccc(Br)c2Cl)sc(C(=O)O)c1N. The zero-order valence-corrected chi connectivity index (χ0v) is 12.5. The van der Waals surface area contributed by atoms with E-state index in [-0.39, 0.29) is 4.88 Å². The summed E-state index contributed by atoms with van der Waals surface area (Å²) in [6.45, 7) is 1.80. The first kappa shape index (κ1) is 13.4. The molecule has 1 aromatic carbocycles. The molecule has 2 rings (SSSR count). The third-order valence-corrected chi connectivity index (χ3v) is 5.21. The predicted octanol–water partition coefficient (Wildman–Crippen LogP) is 4.42. The van der Waals surface area contributed by atoms with Crippen LogP contribution in [0.4, 0.5) is 5.69 Å². The molecule has 0 fully saturated rings. The molecule has 0 aliphatic carbocycles. The van der Waals surface area contributed by atoms with Crippen LogP contribution in [0.1, 0.15) is 15.2 Å². The van der Waals surface area contributed by atoms with E-state index in [1.54, 1.807) is 6.92 Å². The van der Waals surface area contributed by atoms with E-state index in [0.717, 1.165) is 31.8 Å². The Labute approximate surface area is 121 Å². The Bertz CT molecular complexity index is 639. The van der Waals surface area contributed by atoms with E-state index < -0.39 is 5.97 Å². The van der Waals surface area contributed by atoms with Gasteiger partial charge in [0, 0.05) is 14.9 Å². The lowest BCUT2D eigenvalue weighted by Crippen LogP contribution is -1.97. The van der Waals surface area contributed by atoms with Gasteiger partial charge < -0.3 is 10.8 Å². The minimum atomic E-state index is -1.02. The van der Waals surface area contributed by atoms with Crippen molar-refractivity contribution in [2.45, 2.75) is 6.92 Å². The fraction of sp³-hybridized carbons (Fsp3) is 0.0833. The highest BCUT2D eigenvalue weighted by molar-refractivity contribution is 9.10. The lowest BCUT2D eigenvalue weighted by Gasteiger charge is -2.04. The van der Waals surface area contributed by atoms with Crippen molar-refractivity contribution in [3.63, 3.8) is 0 Å². The lowest BCUT2D eigenvalue weighted by atomic mass is 10.1. The number of carboxylic acid groups (broad SMARTS) is 1. The highest BCUT2D eigenvalue weighted by Crippen LogP contribution is 2.42. The Balaban J connectivity index is 2.69. The van der Waals surface area contributed by atoms with Crippen LogP contribution in [-0.2, 0) is 0 Å². The summed E-state index contributed by atoms with van der Waals surface area (Å²) >= 11 is 10.7. The maximum absolute atomic E-state index is 11.1. The molecule has 1 heterocycles. The van der Waals surface area contributed by atoms with Crippen molar-refractivity contribution in [2.24, 2.45) is 0 Å². The lowest BCUT2D eigenvalue weighted by molar-refractivity contribution is 0.0703. The number of hydrogen-bond donors (Lipinski definition) is 2. The molecular weight excluding hydrogens is 338 g/mol. The highest BCUT2D eigenvalue weighted by atomic mass is 79.9. The number of aromatic carboxylic acids is 1. The van der Waals surface area contributed by atoms with Gasteiger partial charge in [-0.1, -0.05) is 23.7 Å². The number of halogens is 2. The molecule has 0 saturated heterocycles. The Morgan fingerprint density at radius 2 is 2.17 bits per heavy atom. The molecule has 0 atom stereocenters. The van der Waals surface area contributed by atoms with Gasteiger partial charge in [-0.15, -0.1) is 11.3 Å². The molecule has 18 heavy (non-hydrogen) atoms. The van der Waals surface area contributed by atoms with Crippen LogP contribution >= 0.6 is 38.9 Å². The average Bonchev–Trinajstić information content (AvgIpc) is 2.61. The number of rotatable bonds is 2. The maximum Gasteiger partial charge on any atom is 0.348 e. The second-order valence-corrected chi connectivity index (χ2v) is 5.96. The molecule has 94 valence electrons. The van der Waals surface area contributed by atoms with Gasteiger partial charge in [0.1, 0.15) is 4.88 Å². The molecule has 0 bridgehead atoms. The van der Waals surface area contributed by atoms with Gasteiger partial charge in [0.15, 0.2) is 0 Å². The van der Waals surface area contributed by atoms with Crippen molar-refractivity contribution >= 4 is 50.5 Å². The summed E-state index contributed by atoms with van der Waals surface area (Å²) in [6.07, 6.45) is 0. The summed E-state index contributed by atoms with van der Waals surface area (Å²) in [7, 11) is 0. The monoisotopic (exact) mass is 345 g/mol. The van der Waals surface area contributed by atoms with Gasteiger partial charge in [-0.2, -0.15) is 0 Å². The summed E-state index contributed by atoms with van der Waals surface area (Å²) in [5.41, 5.74) is 7.64. The quantitative estimate of drug-likeness (QED) is 0.846. The van der Waals surface area contributed by atoms with Gasteiger partial charge in [0.25, 0.3) is 0 Å². The zero-order chi connectivity index (χ0) is 13.4. The van der Waals surface area contributed by atoms with Gasteiger partial charge in [-0.25, -0.2) is 4.79 Å². The van der Waals surface area contributed by atoms with Crippen LogP contribution in [0.2, 0.25) is 5.02 Å². The number of hydrogen-bond acceptors (Lipinski definition) is 3. The summed E-state index contributed by atoms with van der Waals surface area (Å²) in [5.74, 6) is -1.02. The molecule has 0 spiro atoms. The average molecular weight is 347 g/mol. The number of nitrogens with two attached hydrogens (primary N) is 1. The Morgan fingerprint density at radius 1 is 1.50 bits per heavy atom. The van der Waals surface area contributed by atoms with Crippen LogP contribution in [0.3, 0.4) is 0 Å². The number of nitrogen functional groups attached to an aromatic ring is 1. The molecule has 3 N–H and O–H groups in total. The van der Waals surface area contributed by atoms with Crippen LogP contribution in [0.5, 0.6) is 0 Å². The smallest absolute Gasteiger partial charge is 0.348 e. The zero-order valence-electron chi connectivity index (χ0n) is 9.33.